The van der Waals surface area contributed by atoms with Crippen molar-refractivity contribution < 1.29 is 23.0 Å². The van der Waals surface area contributed by atoms with Gasteiger partial charge in [0.1, 0.15) is 12.4 Å². The Morgan fingerprint density at radius 3 is 2.50 bits per heavy atom. The predicted octanol–water partition coefficient (Wildman–Crippen LogP) is 1.83. The molecule has 0 spiro atoms. The minimum absolute atomic E-state index is 0.0807. The summed E-state index contributed by atoms with van der Waals surface area (Å²) in [5, 5.41) is 3.14. The van der Waals surface area contributed by atoms with E-state index in [1.165, 1.54) is 12.1 Å². The van der Waals surface area contributed by atoms with Crippen molar-refractivity contribution in [1.29, 1.82) is 0 Å². The molecule has 1 aliphatic rings. The Labute approximate surface area is 115 Å². The number of nitrogens with one attached hydrogen (secondary N) is 1. The molecule has 1 aromatic rings. The van der Waals surface area contributed by atoms with Gasteiger partial charge in [-0.1, -0.05) is 12.1 Å². The summed E-state index contributed by atoms with van der Waals surface area (Å²) in [6.45, 7) is 0.0349. The standard InChI is InChI=1S/C13H16F2N2O3/c14-12(15)20-11-3-1-10(2-4-11)9-19-13(18)17-7-5-16-6-8-17/h1-4,12,16H,5-9H2. The Morgan fingerprint density at radius 1 is 1.25 bits per heavy atom. The molecule has 1 N–H and O–H groups in total. The van der Waals surface area contributed by atoms with Crippen LogP contribution in [-0.4, -0.2) is 43.8 Å². The summed E-state index contributed by atoms with van der Waals surface area (Å²) in [5.41, 5.74) is 0.718. The lowest BCUT2D eigenvalue weighted by atomic mass is 10.2. The number of piperazine rings is 1. The lowest BCUT2D eigenvalue weighted by Crippen LogP contribution is -2.46. The number of benzene rings is 1. The molecule has 0 saturated carbocycles. The SMILES string of the molecule is O=C(OCc1ccc(OC(F)F)cc1)N1CCNCC1. The van der Waals surface area contributed by atoms with E-state index in [2.05, 4.69) is 10.1 Å². The van der Waals surface area contributed by atoms with Gasteiger partial charge in [0.25, 0.3) is 0 Å². The number of hydrogen-bond acceptors (Lipinski definition) is 4. The third kappa shape index (κ3) is 4.34. The van der Waals surface area contributed by atoms with Crippen LogP contribution in [0.25, 0.3) is 0 Å². The third-order valence-electron chi connectivity index (χ3n) is 2.89. The van der Waals surface area contributed by atoms with Crippen LogP contribution < -0.4 is 10.1 Å². The van der Waals surface area contributed by atoms with Crippen LogP contribution in [0, 0.1) is 0 Å². The zero-order valence-electron chi connectivity index (χ0n) is 10.9. The molecule has 1 aliphatic heterocycles. The molecular formula is C13H16F2N2O3. The van der Waals surface area contributed by atoms with E-state index in [4.69, 9.17) is 4.74 Å². The van der Waals surface area contributed by atoms with Crippen molar-refractivity contribution in [2.45, 2.75) is 13.2 Å². The van der Waals surface area contributed by atoms with Gasteiger partial charge >= 0.3 is 12.7 Å². The van der Waals surface area contributed by atoms with Crippen molar-refractivity contribution in [2.24, 2.45) is 0 Å². The first kappa shape index (κ1) is 14.5. The Bertz CT molecular complexity index is 434. The van der Waals surface area contributed by atoms with Crippen molar-refractivity contribution in [2.75, 3.05) is 26.2 Å². The zero-order chi connectivity index (χ0) is 14.4. The van der Waals surface area contributed by atoms with Gasteiger partial charge in [-0.3, -0.25) is 0 Å². The number of alkyl halides is 2. The maximum absolute atomic E-state index is 12.0. The lowest BCUT2D eigenvalue weighted by Gasteiger charge is -2.26. The molecule has 1 saturated heterocycles. The molecule has 1 amide bonds. The minimum atomic E-state index is -2.84. The van der Waals surface area contributed by atoms with Crippen molar-refractivity contribution in [3.63, 3.8) is 0 Å². The first-order valence-electron chi connectivity index (χ1n) is 6.31. The Kier molecular flexibility index (Phi) is 5.11. The van der Waals surface area contributed by atoms with Crippen LogP contribution in [0.5, 0.6) is 5.75 Å². The molecule has 0 atom stereocenters. The number of hydrogen-bond donors (Lipinski definition) is 1. The summed E-state index contributed by atoms with van der Waals surface area (Å²) in [5.74, 6) is 0.0807. The van der Waals surface area contributed by atoms with Crippen LogP contribution in [-0.2, 0) is 11.3 Å². The van der Waals surface area contributed by atoms with E-state index in [9.17, 15) is 13.6 Å². The third-order valence-corrected chi connectivity index (χ3v) is 2.89. The van der Waals surface area contributed by atoms with Crippen molar-refractivity contribution in [1.82, 2.24) is 10.2 Å². The zero-order valence-corrected chi connectivity index (χ0v) is 10.9. The van der Waals surface area contributed by atoms with Gasteiger partial charge in [-0.15, -0.1) is 0 Å². The number of carbonyl (C=O) groups is 1. The van der Waals surface area contributed by atoms with Gasteiger partial charge in [0, 0.05) is 26.2 Å². The molecule has 5 nitrogen and oxygen atoms in total. The molecule has 1 fully saturated rings. The van der Waals surface area contributed by atoms with E-state index in [0.29, 0.717) is 13.1 Å². The number of carbonyl (C=O) groups excluding carboxylic acids is 1. The molecule has 110 valence electrons. The van der Waals surface area contributed by atoms with Crippen LogP contribution in [0.1, 0.15) is 5.56 Å². The molecule has 2 rings (SSSR count). The molecular weight excluding hydrogens is 270 g/mol. The van der Waals surface area contributed by atoms with Crippen molar-refractivity contribution in [3.05, 3.63) is 29.8 Å². The molecule has 1 aromatic carbocycles. The smallest absolute Gasteiger partial charge is 0.410 e. The first-order valence-corrected chi connectivity index (χ1v) is 6.31. The van der Waals surface area contributed by atoms with Crippen molar-refractivity contribution >= 4 is 6.09 Å². The molecule has 0 aromatic heterocycles. The molecule has 0 unspecified atom stereocenters. The summed E-state index contributed by atoms with van der Waals surface area (Å²) in [6, 6.07) is 6.01. The number of rotatable bonds is 4. The fourth-order valence-electron chi connectivity index (χ4n) is 1.85. The van der Waals surface area contributed by atoms with Gasteiger partial charge in [0.05, 0.1) is 0 Å². The van der Waals surface area contributed by atoms with Gasteiger partial charge in [-0.2, -0.15) is 8.78 Å². The maximum Gasteiger partial charge on any atom is 0.410 e. The van der Waals surface area contributed by atoms with Gasteiger partial charge in [0.2, 0.25) is 0 Å². The van der Waals surface area contributed by atoms with E-state index in [0.717, 1.165) is 18.7 Å². The molecule has 1 heterocycles. The quantitative estimate of drug-likeness (QED) is 0.917. The average molecular weight is 286 g/mol. The van der Waals surface area contributed by atoms with Gasteiger partial charge in [0.15, 0.2) is 0 Å². The molecule has 0 bridgehead atoms. The number of nitrogens with zero attached hydrogens (tertiary/aromatic N) is 1. The van der Waals surface area contributed by atoms with E-state index in [-0.39, 0.29) is 18.4 Å². The fraction of sp³-hybridized carbons (Fsp3) is 0.462. The summed E-state index contributed by atoms with van der Waals surface area (Å²) in [4.78, 5) is 13.4. The van der Waals surface area contributed by atoms with Gasteiger partial charge in [-0.05, 0) is 17.7 Å². The van der Waals surface area contributed by atoms with E-state index in [1.54, 1.807) is 17.0 Å². The first-order chi connectivity index (χ1) is 9.65. The summed E-state index contributed by atoms with van der Waals surface area (Å²) in [7, 11) is 0. The summed E-state index contributed by atoms with van der Waals surface area (Å²) >= 11 is 0. The van der Waals surface area contributed by atoms with Crippen LogP contribution in [0.4, 0.5) is 13.6 Å². The van der Waals surface area contributed by atoms with Crippen LogP contribution in [0.2, 0.25) is 0 Å². The lowest BCUT2D eigenvalue weighted by molar-refractivity contribution is -0.0498. The van der Waals surface area contributed by atoms with Crippen molar-refractivity contribution in [3.8, 4) is 5.75 Å². The normalized spacial score (nSPS) is 15.2. The highest BCUT2D eigenvalue weighted by Gasteiger charge is 2.17. The molecule has 20 heavy (non-hydrogen) atoms. The fourth-order valence-corrected chi connectivity index (χ4v) is 1.85. The molecule has 0 aliphatic carbocycles. The Hall–Kier alpha value is -1.89. The second-order valence-electron chi connectivity index (χ2n) is 4.31. The number of ether oxygens (including phenoxy) is 2. The summed E-state index contributed by atoms with van der Waals surface area (Å²) in [6.07, 6.45) is -0.362. The Balaban J connectivity index is 1.79. The van der Waals surface area contributed by atoms with E-state index < -0.39 is 6.61 Å². The summed E-state index contributed by atoms with van der Waals surface area (Å²) < 4.78 is 33.3. The minimum Gasteiger partial charge on any atom is -0.445 e. The highest BCUT2D eigenvalue weighted by atomic mass is 19.3. The predicted molar refractivity (Wildman–Crippen MR) is 67.7 cm³/mol. The highest BCUT2D eigenvalue weighted by Crippen LogP contribution is 2.15. The number of halogens is 2. The number of amides is 1. The monoisotopic (exact) mass is 286 g/mol. The average Bonchev–Trinajstić information content (AvgIpc) is 2.46. The molecule has 7 heteroatoms. The van der Waals surface area contributed by atoms with E-state index in [1.807, 2.05) is 0 Å². The second-order valence-corrected chi connectivity index (χ2v) is 4.31. The molecule has 0 radical (unpaired) electrons. The highest BCUT2D eigenvalue weighted by molar-refractivity contribution is 5.67. The maximum atomic E-state index is 12.0. The Morgan fingerprint density at radius 2 is 1.90 bits per heavy atom. The second kappa shape index (κ2) is 7.04. The topological polar surface area (TPSA) is 50.8 Å². The van der Waals surface area contributed by atoms with Crippen LogP contribution >= 0.6 is 0 Å². The largest absolute Gasteiger partial charge is 0.445 e. The van der Waals surface area contributed by atoms with Gasteiger partial charge in [-0.25, -0.2) is 4.79 Å². The van der Waals surface area contributed by atoms with Crippen LogP contribution in [0.15, 0.2) is 24.3 Å². The van der Waals surface area contributed by atoms with E-state index >= 15 is 0 Å². The van der Waals surface area contributed by atoms with Crippen LogP contribution in [0.3, 0.4) is 0 Å². The van der Waals surface area contributed by atoms with Gasteiger partial charge < -0.3 is 19.7 Å².